The van der Waals surface area contributed by atoms with Crippen LogP contribution in [0.2, 0.25) is 4.34 Å². The van der Waals surface area contributed by atoms with Crippen molar-refractivity contribution >= 4 is 56.9 Å². The number of halogens is 2. The van der Waals surface area contributed by atoms with E-state index in [1.54, 1.807) is 18.2 Å². The number of carbonyl (C=O) groups is 2. The molecule has 0 aliphatic carbocycles. The summed E-state index contributed by atoms with van der Waals surface area (Å²) in [6, 6.07) is 10.6. The molecular formula is C15H10BrClN2O2S. The number of hydrogen-bond acceptors (Lipinski definition) is 3. The molecule has 7 heteroatoms. The van der Waals surface area contributed by atoms with Crippen molar-refractivity contribution in [2.24, 2.45) is 0 Å². The molecule has 0 spiro atoms. The lowest BCUT2D eigenvalue weighted by Gasteiger charge is -2.11. The molecule has 3 amide bonds. The molecule has 1 saturated heterocycles. The van der Waals surface area contributed by atoms with Gasteiger partial charge in [-0.2, -0.15) is 0 Å². The average molecular weight is 398 g/mol. The first-order chi connectivity index (χ1) is 10.5. The molecule has 1 aliphatic rings. The van der Waals surface area contributed by atoms with E-state index in [9.17, 15) is 9.59 Å². The second kappa shape index (κ2) is 6.24. The minimum absolute atomic E-state index is 0.237. The number of urea groups is 1. The van der Waals surface area contributed by atoms with Crippen molar-refractivity contribution in [3.05, 3.63) is 61.3 Å². The summed E-state index contributed by atoms with van der Waals surface area (Å²) in [6.07, 6.45) is 1.64. The third kappa shape index (κ3) is 3.24. The quantitative estimate of drug-likeness (QED) is 0.621. The van der Waals surface area contributed by atoms with Gasteiger partial charge >= 0.3 is 6.03 Å². The highest BCUT2D eigenvalue weighted by atomic mass is 79.9. The van der Waals surface area contributed by atoms with Gasteiger partial charge in [-0.05, 0) is 35.9 Å². The summed E-state index contributed by atoms with van der Waals surface area (Å²) in [7, 11) is 0. The van der Waals surface area contributed by atoms with Crippen LogP contribution in [0.4, 0.5) is 4.79 Å². The van der Waals surface area contributed by atoms with Crippen LogP contribution >= 0.6 is 38.9 Å². The Bertz CT molecular complexity index is 770. The summed E-state index contributed by atoms with van der Waals surface area (Å²) in [4.78, 5) is 26.3. The Balaban J connectivity index is 1.79. The smallest absolute Gasteiger partial charge is 0.303 e. The van der Waals surface area contributed by atoms with E-state index < -0.39 is 6.03 Å². The van der Waals surface area contributed by atoms with Crippen LogP contribution in [0.3, 0.4) is 0 Å². The SMILES string of the molecule is O=C1N/C(=C/c2ccc(Cl)s2)C(=O)N1Cc1ccc(Br)cc1. The third-order valence-corrected chi connectivity index (χ3v) is 4.80. The van der Waals surface area contributed by atoms with Gasteiger partial charge in [0.1, 0.15) is 5.70 Å². The molecule has 1 N–H and O–H groups in total. The zero-order chi connectivity index (χ0) is 15.7. The van der Waals surface area contributed by atoms with Crippen molar-refractivity contribution in [2.75, 3.05) is 0 Å². The van der Waals surface area contributed by atoms with Crippen LogP contribution in [0.15, 0.2) is 46.6 Å². The van der Waals surface area contributed by atoms with Gasteiger partial charge in [0.25, 0.3) is 5.91 Å². The topological polar surface area (TPSA) is 49.4 Å². The molecule has 1 fully saturated rings. The number of nitrogens with one attached hydrogen (secondary N) is 1. The van der Waals surface area contributed by atoms with E-state index in [0.29, 0.717) is 4.34 Å². The van der Waals surface area contributed by atoms with E-state index in [0.717, 1.165) is 14.9 Å². The Morgan fingerprint density at radius 2 is 1.91 bits per heavy atom. The first kappa shape index (κ1) is 15.3. The number of hydrogen-bond donors (Lipinski definition) is 1. The summed E-state index contributed by atoms with van der Waals surface area (Å²) in [6.45, 7) is 0.237. The lowest BCUT2D eigenvalue weighted by molar-refractivity contribution is -0.123. The van der Waals surface area contributed by atoms with Crippen LogP contribution in [0.5, 0.6) is 0 Å². The summed E-state index contributed by atoms with van der Waals surface area (Å²) in [5.74, 6) is -0.336. The maximum absolute atomic E-state index is 12.3. The van der Waals surface area contributed by atoms with Crippen LogP contribution in [-0.2, 0) is 11.3 Å². The highest BCUT2D eigenvalue weighted by Gasteiger charge is 2.33. The minimum atomic E-state index is -0.415. The monoisotopic (exact) mass is 396 g/mol. The fourth-order valence-corrected chi connectivity index (χ4v) is 3.30. The summed E-state index contributed by atoms with van der Waals surface area (Å²) in [5.41, 5.74) is 1.15. The van der Waals surface area contributed by atoms with Gasteiger partial charge in [0.05, 0.1) is 10.9 Å². The predicted molar refractivity (Wildman–Crippen MR) is 90.5 cm³/mol. The average Bonchev–Trinajstić information content (AvgIpc) is 3.00. The van der Waals surface area contributed by atoms with E-state index in [4.69, 9.17) is 11.6 Å². The fourth-order valence-electron chi connectivity index (χ4n) is 2.04. The lowest BCUT2D eigenvalue weighted by atomic mass is 10.2. The molecule has 112 valence electrons. The summed E-state index contributed by atoms with van der Waals surface area (Å²) < 4.78 is 1.58. The van der Waals surface area contributed by atoms with Crippen LogP contribution in [0, 0.1) is 0 Å². The Morgan fingerprint density at radius 3 is 2.55 bits per heavy atom. The zero-order valence-corrected chi connectivity index (χ0v) is 14.3. The Labute approximate surface area is 144 Å². The molecule has 22 heavy (non-hydrogen) atoms. The van der Waals surface area contributed by atoms with Crippen LogP contribution in [0.1, 0.15) is 10.4 Å². The molecule has 0 saturated carbocycles. The van der Waals surface area contributed by atoms with Crippen molar-refractivity contribution in [2.45, 2.75) is 6.54 Å². The predicted octanol–water partition coefficient (Wildman–Crippen LogP) is 4.26. The van der Waals surface area contributed by atoms with Crippen molar-refractivity contribution in [3.63, 3.8) is 0 Å². The van der Waals surface area contributed by atoms with Crippen molar-refractivity contribution in [1.29, 1.82) is 0 Å². The number of benzene rings is 1. The molecule has 3 rings (SSSR count). The van der Waals surface area contributed by atoms with Crippen molar-refractivity contribution < 1.29 is 9.59 Å². The van der Waals surface area contributed by atoms with Gasteiger partial charge in [0.2, 0.25) is 0 Å². The number of rotatable bonds is 3. The normalized spacial score (nSPS) is 16.5. The highest BCUT2D eigenvalue weighted by Crippen LogP contribution is 2.25. The van der Waals surface area contributed by atoms with Crippen LogP contribution in [0.25, 0.3) is 6.08 Å². The van der Waals surface area contributed by atoms with Gasteiger partial charge in [-0.15, -0.1) is 11.3 Å². The van der Waals surface area contributed by atoms with E-state index in [1.165, 1.54) is 16.2 Å². The molecule has 1 aliphatic heterocycles. The van der Waals surface area contributed by atoms with Crippen LogP contribution < -0.4 is 5.32 Å². The van der Waals surface area contributed by atoms with E-state index in [-0.39, 0.29) is 18.1 Å². The molecule has 4 nitrogen and oxygen atoms in total. The van der Waals surface area contributed by atoms with Gasteiger partial charge in [0.15, 0.2) is 0 Å². The molecule has 0 unspecified atom stereocenters. The second-order valence-corrected chi connectivity index (χ2v) is 7.31. The molecule has 2 aromatic rings. The molecule has 1 aromatic carbocycles. The lowest BCUT2D eigenvalue weighted by Crippen LogP contribution is -2.30. The van der Waals surface area contributed by atoms with Crippen molar-refractivity contribution in [3.8, 4) is 0 Å². The molecular weight excluding hydrogens is 388 g/mol. The first-order valence-corrected chi connectivity index (χ1v) is 8.36. The van der Waals surface area contributed by atoms with Gasteiger partial charge in [-0.25, -0.2) is 4.79 Å². The Morgan fingerprint density at radius 1 is 1.18 bits per heavy atom. The van der Waals surface area contributed by atoms with Gasteiger partial charge in [-0.1, -0.05) is 39.7 Å². The number of imide groups is 1. The maximum Gasteiger partial charge on any atom is 0.329 e. The zero-order valence-electron chi connectivity index (χ0n) is 11.2. The molecule has 0 bridgehead atoms. The largest absolute Gasteiger partial charge is 0.329 e. The van der Waals surface area contributed by atoms with E-state index in [1.807, 2.05) is 24.3 Å². The standard InChI is InChI=1S/C15H10BrClN2O2S/c16-10-3-1-9(2-4-10)8-19-14(20)12(18-15(19)21)7-11-5-6-13(17)22-11/h1-7H,8H2,(H,18,21)/b12-7+. The second-order valence-electron chi connectivity index (χ2n) is 4.65. The maximum atomic E-state index is 12.3. The fraction of sp³-hybridized carbons (Fsp3) is 0.0667. The molecule has 0 radical (unpaired) electrons. The first-order valence-electron chi connectivity index (χ1n) is 6.37. The number of amides is 3. The van der Waals surface area contributed by atoms with Crippen LogP contribution in [-0.4, -0.2) is 16.8 Å². The molecule has 0 atom stereocenters. The van der Waals surface area contributed by atoms with Gasteiger partial charge < -0.3 is 5.32 Å². The van der Waals surface area contributed by atoms with Crippen molar-refractivity contribution in [1.82, 2.24) is 10.2 Å². The number of thiophene rings is 1. The Hall–Kier alpha value is -1.63. The highest BCUT2D eigenvalue weighted by molar-refractivity contribution is 9.10. The minimum Gasteiger partial charge on any atom is -0.303 e. The third-order valence-electron chi connectivity index (χ3n) is 3.10. The van der Waals surface area contributed by atoms with E-state index >= 15 is 0 Å². The molecule has 1 aromatic heterocycles. The van der Waals surface area contributed by atoms with Gasteiger partial charge in [0, 0.05) is 9.35 Å². The Kier molecular flexibility index (Phi) is 4.33. The summed E-state index contributed by atoms with van der Waals surface area (Å²) >= 11 is 10.6. The van der Waals surface area contributed by atoms with Gasteiger partial charge in [-0.3, -0.25) is 9.69 Å². The number of nitrogens with zero attached hydrogens (tertiary/aromatic N) is 1. The van der Waals surface area contributed by atoms with E-state index in [2.05, 4.69) is 21.2 Å². The summed E-state index contributed by atoms with van der Waals surface area (Å²) in [5, 5.41) is 2.60. The molecule has 2 heterocycles. The number of carbonyl (C=O) groups excluding carboxylic acids is 2.